The maximum absolute atomic E-state index is 12.4. The van der Waals surface area contributed by atoms with Gasteiger partial charge in [-0.15, -0.1) is 0 Å². The van der Waals surface area contributed by atoms with Gasteiger partial charge in [0.1, 0.15) is 12.6 Å². The molecular weight excluding hydrogens is 256 g/mol. The van der Waals surface area contributed by atoms with E-state index in [1.165, 1.54) is 0 Å². The first-order valence-electron chi connectivity index (χ1n) is 7.02. The van der Waals surface area contributed by atoms with Crippen molar-refractivity contribution in [1.29, 1.82) is 0 Å². The minimum Gasteiger partial charge on any atom is -0.343 e. The monoisotopic (exact) mass is 278 g/mol. The van der Waals surface area contributed by atoms with Crippen molar-refractivity contribution in [3.05, 3.63) is 17.5 Å². The highest BCUT2D eigenvalue weighted by Crippen LogP contribution is 2.14. The minimum absolute atomic E-state index is 0.0150. The highest BCUT2D eigenvalue weighted by Gasteiger charge is 2.34. The van der Waals surface area contributed by atoms with Crippen LogP contribution < -0.4 is 5.32 Å². The molecule has 6 nitrogen and oxygen atoms in total. The quantitative estimate of drug-likeness (QED) is 0.870. The summed E-state index contributed by atoms with van der Waals surface area (Å²) in [4.78, 5) is 25.7. The molecule has 1 atom stereocenters. The molecule has 0 aromatic carbocycles. The van der Waals surface area contributed by atoms with Gasteiger partial charge in [-0.2, -0.15) is 5.10 Å². The van der Waals surface area contributed by atoms with E-state index in [9.17, 15) is 9.59 Å². The van der Waals surface area contributed by atoms with E-state index < -0.39 is 6.04 Å². The van der Waals surface area contributed by atoms with E-state index >= 15 is 0 Å². The molecule has 110 valence electrons. The zero-order chi connectivity index (χ0) is 14.9. The summed E-state index contributed by atoms with van der Waals surface area (Å²) in [5.74, 6) is -0.0213. The normalized spacial score (nSPS) is 19.6. The largest absolute Gasteiger partial charge is 0.343 e. The average Bonchev–Trinajstić information content (AvgIpc) is 2.74. The predicted molar refractivity (Wildman–Crippen MR) is 74.8 cm³/mol. The van der Waals surface area contributed by atoms with E-state index in [4.69, 9.17) is 0 Å². The molecule has 1 aromatic rings. The molecule has 0 aliphatic carbocycles. The van der Waals surface area contributed by atoms with Crippen LogP contribution in [0.15, 0.2) is 6.07 Å². The van der Waals surface area contributed by atoms with Crippen molar-refractivity contribution in [3.8, 4) is 0 Å². The van der Waals surface area contributed by atoms with Crippen molar-refractivity contribution in [2.75, 3.05) is 6.54 Å². The molecule has 6 heteroatoms. The second-order valence-corrected chi connectivity index (χ2v) is 5.59. The molecule has 20 heavy (non-hydrogen) atoms. The van der Waals surface area contributed by atoms with Crippen LogP contribution in [0.4, 0.5) is 0 Å². The van der Waals surface area contributed by atoms with Gasteiger partial charge in [0.15, 0.2) is 0 Å². The van der Waals surface area contributed by atoms with Crippen LogP contribution in [-0.4, -0.2) is 39.1 Å². The fourth-order valence-electron chi connectivity index (χ4n) is 2.40. The summed E-state index contributed by atoms with van der Waals surface area (Å²) in [7, 11) is 1.86. The van der Waals surface area contributed by atoms with Crippen molar-refractivity contribution < 1.29 is 9.59 Å². The molecule has 1 unspecified atom stereocenters. The van der Waals surface area contributed by atoms with Crippen molar-refractivity contribution in [3.63, 3.8) is 0 Å². The van der Waals surface area contributed by atoms with Gasteiger partial charge in [-0.25, -0.2) is 0 Å². The summed E-state index contributed by atoms with van der Waals surface area (Å²) in [6, 6.07) is 1.57. The number of hydrogen-bond acceptors (Lipinski definition) is 3. The Labute approximate surface area is 119 Å². The number of rotatable bonds is 4. The Morgan fingerprint density at radius 1 is 1.45 bits per heavy atom. The molecule has 1 aromatic heterocycles. The zero-order valence-corrected chi connectivity index (χ0v) is 12.5. The standard InChI is InChI=1S/C14H22N4O2/c1-5-10-6-11(17(4)16-10)7-18-8-12(19)15-13(9(2)3)14(18)20/h6,9,13H,5,7-8H2,1-4H3,(H,15,19). The Hall–Kier alpha value is -1.85. The fourth-order valence-corrected chi connectivity index (χ4v) is 2.40. The Bertz CT molecular complexity index is 521. The highest BCUT2D eigenvalue weighted by atomic mass is 16.2. The summed E-state index contributed by atoms with van der Waals surface area (Å²) in [5.41, 5.74) is 1.95. The number of carbonyl (C=O) groups is 2. The first-order chi connectivity index (χ1) is 9.42. The van der Waals surface area contributed by atoms with Gasteiger partial charge in [-0.3, -0.25) is 14.3 Å². The maximum atomic E-state index is 12.4. The molecule has 1 aliphatic rings. The summed E-state index contributed by atoms with van der Waals surface area (Å²) in [5, 5.41) is 7.13. The van der Waals surface area contributed by atoms with Gasteiger partial charge < -0.3 is 10.2 Å². The highest BCUT2D eigenvalue weighted by molar-refractivity contribution is 5.94. The number of nitrogens with one attached hydrogen (secondary N) is 1. The molecule has 2 heterocycles. The zero-order valence-electron chi connectivity index (χ0n) is 12.5. The van der Waals surface area contributed by atoms with E-state index in [0.29, 0.717) is 6.54 Å². The number of amides is 2. The summed E-state index contributed by atoms with van der Waals surface area (Å²) >= 11 is 0. The van der Waals surface area contributed by atoms with Gasteiger partial charge in [-0.1, -0.05) is 20.8 Å². The van der Waals surface area contributed by atoms with Crippen LogP contribution in [0, 0.1) is 5.92 Å². The summed E-state index contributed by atoms with van der Waals surface area (Å²) in [6.45, 7) is 6.46. The summed E-state index contributed by atoms with van der Waals surface area (Å²) < 4.78 is 1.78. The van der Waals surface area contributed by atoms with Crippen molar-refractivity contribution in [2.24, 2.45) is 13.0 Å². The molecule has 0 saturated carbocycles. The number of hydrogen-bond donors (Lipinski definition) is 1. The third kappa shape index (κ3) is 2.84. The van der Waals surface area contributed by atoms with Gasteiger partial charge in [-0.05, 0) is 18.4 Å². The van der Waals surface area contributed by atoms with Gasteiger partial charge >= 0.3 is 0 Å². The number of carbonyl (C=O) groups excluding carboxylic acids is 2. The van der Waals surface area contributed by atoms with Crippen LogP contribution in [0.25, 0.3) is 0 Å². The molecule has 1 fully saturated rings. The third-order valence-corrected chi connectivity index (χ3v) is 3.64. The fraction of sp³-hybridized carbons (Fsp3) is 0.643. The van der Waals surface area contributed by atoms with Crippen LogP contribution >= 0.6 is 0 Å². The second kappa shape index (κ2) is 5.64. The Kier molecular flexibility index (Phi) is 4.11. The predicted octanol–water partition coefficient (Wildman–Crippen LogP) is 0.465. The average molecular weight is 278 g/mol. The third-order valence-electron chi connectivity index (χ3n) is 3.64. The maximum Gasteiger partial charge on any atom is 0.246 e. The smallest absolute Gasteiger partial charge is 0.246 e. The lowest BCUT2D eigenvalue weighted by atomic mass is 10.0. The lowest BCUT2D eigenvalue weighted by molar-refractivity contribution is -0.146. The van der Waals surface area contributed by atoms with Crippen LogP contribution in [-0.2, 0) is 29.6 Å². The number of nitrogens with zero attached hydrogens (tertiary/aromatic N) is 3. The lowest BCUT2D eigenvalue weighted by Crippen LogP contribution is -2.59. The molecule has 2 rings (SSSR count). The van der Waals surface area contributed by atoms with Crippen LogP contribution in [0.2, 0.25) is 0 Å². The molecule has 0 radical (unpaired) electrons. The Morgan fingerprint density at radius 3 is 2.70 bits per heavy atom. The second-order valence-electron chi connectivity index (χ2n) is 5.59. The number of aromatic nitrogens is 2. The molecule has 1 aliphatic heterocycles. The first-order valence-corrected chi connectivity index (χ1v) is 7.02. The van der Waals surface area contributed by atoms with E-state index in [-0.39, 0.29) is 24.3 Å². The van der Waals surface area contributed by atoms with E-state index in [1.54, 1.807) is 9.58 Å². The molecule has 1 N–H and O–H groups in total. The van der Waals surface area contributed by atoms with Gasteiger partial charge in [0, 0.05) is 7.05 Å². The number of piperazine rings is 1. The van der Waals surface area contributed by atoms with Gasteiger partial charge in [0.25, 0.3) is 0 Å². The van der Waals surface area contributed by atoms with Gasteiger partial charge in [0.2, 0.25) is 11.8 Å². The SMILES string of the molecule is CCc1cc(CN2CC(=O)NC(C(C)C)C2=O)n(C)n1. The molecular formula is C14H22N4O2. The van der Waals surface area contributed by atoms with E-state index in [0.717, 1.165) is 17.8 Å². The number of aryl methyl sites for hydroxylation is 2. The van der Waals surface area contributed by atoms with Crippen LogP contribution in [0.1, 0.15) is 32.2 Å². The van der Waals surface area contributed by atoms with Crippen LogP contribution in [0.5, 0.6) is 0 Å². The Morgan fingerprint density at radius 2 is 2.15 bits per heavy atom. The van der Waals surface area contributed by atoms with Crippen molar-refractivity contribution in [1.82, 2.24) is 20.0 Å². The topological polar surface area (TPSA) is 67.2 Å². The first kappa shape index (κ1) is 14.6. The minimum atomic E-state index is -0.421. The van der Waals surface area contributed by atoms with Crippen LogP contribution in [0.3, 0.4) is 0 Å². The van der Waals surface area contributed by atoms with E-state index in [1.807, 2.05) is 33.9 Å². The van der Waals surface area contributed by atoms with Crippen molar-refractivity contribution in [2.45, 2.75) is 39.8 Å². The molecule has 0 bridgehead atoms. The molecule has 0 spiro atoms. The Balaban J connectivity index is 2.16. The molecule has 1 saturated heterocycles. The molecule has 2 amide bonds. The van der Waals surface area contributed by atoms with E-state index in [2.05, 4.69) is 10.4 Å². The lowest BCUT2D eigenvalue weighted by Gasteiger charge is -2.34. The van der Waals surface area contributed by atoms with Crippen molar-refractivity contribution >= 4 is 11.8 Å². The summed E-state index contributed by atoms with van der Waals surface area (Å²) in [6.07, 6.45) is 0.858. The van der Waals surface area contributed by atoms with Gasteiger partial charge in [0.05, 0.1) is 17.9 Å².